The SMILES string of the molecule is COc1cc(C(=O)Nc2cccc(CN3C(=O)C4CCCN4C3=O)c2)cc(OC)c1OC. The number of rotatable bonds is 7. The fourth-order valence-electron chi connectivity index (χ4n) is 4.17. The molecule has 2 aromatic carbocycles. The van der Waals surface area contributed by atoms with Crippen LogP contribution in [-0.2, 0) is 11.3 Å². The number of ether oxygens (including phenoxy) is 3. The second-order valence-electron chi connectivity index (χ2n) is 7.63. The van der Waals surface area contributed by atoms with Crippen molar-refractivity contribution in [3.63, 3.8) is 0 Å². The normalized spacial score (nSPS) is 17.4. The molecule has 9 heteroatoms. The molecule has 4 rings (SSSR count). The molecule has 1 atom stereocenters. The molecule has 168 valence electrons. The highest BCUT2D eigenvalue weighted by Gasteiger charge is 2.47. The van der Waals surface area contributed by atoms with Gasteiger partial charge in [0, 0.05) is 17.8 Å². The fraction of sp³-hybridized carbons (Fsp3) is 0.348. The van der Waals surface area contributed by atoms with Crippen molar-refractivity contribution in [2.24, 2.45) is 0 Å². The minimum Gasteiger partial charge on any atom is -0.493 e. The Morgan fingerprint density at radius 2 is 1.78 bits per heavy atom. The van der Waals surface area contributed by atoms with Crippen LogP contribution in [0.1, 0.15) is 28.8 Å². The summed E-state index contributed by atoms with van der Waals surface area (Å²) < 4.78 is 15.9. The molecule has 0 spiro atoms. The first-order valence-electron chi connectivity index (χ1n) is 10.3. The van der Waals surface area contributed by atoms with Crippen molar-refractivity contribution < 1.29 is 28.6 Å². The number of benzene rings is 2. The predicted octanol–water partition coefficient (Wildman–Crippen LogP) is 2.89. The first kappa shape index (κ1) is 21.5. The van der Waals surface area contributed by atoms with Crippen molar-refractivity contribution in [3.05, 3.63) is 47.5 Å². The molecule has 0 aliphatic carbocycles. The number of imide groups is 1. The summed E-state index contributed by atoms with van der Waals surface area (Å²) in [6.07, 6.45) is 1.57. The summed E-state index contributed by atoms with van der Waals surface area (Å²) in [4.78, 5) is 40.9. The topological polar surface area (TPSA) is 97.4 Å². The number of carbonyl (C=O) groups is 3. The lowest BCUT2D eigenvalue weighted by atomic mass is 10.1. The molecule has 0 radical (unpaired) electrons. The summed E-state index contributed by atoms with van der Waals surface area (Å²) in [5.74, 6) is 0.624. The monoisotopic (exact) mass is 439 g/mol. The van der Waals surface area contributed by atoms with E-state index >= 15 is 0 Å². The van der Waals surface area contributed by atoms with E-state index < -0.39 is 0 Å². The number of urea groups is 1. The van der Waals surface area contributed by atoms with Gasteiger partial charge in [0.2, 0.25) is 5.75 Å². The molecule has 2 aromatic rings. The highest BCUT2D eigenvalue weighted by Crippen LogP contribution is 2.38. The van der Waals surface area contributed by atoms with E-state index in [2.05, 4.69) is 5.32 Å². The molecular formula is C23H25N3O6. The van der Waals surface area contributed by atoms with Gasteiger partial charge in [-0.05, 0) is 42.7 Å². The number of methoxy groups -OCH3 is 3. The van der Waals surface area contributed by atoms with E-state index in [1.54, 1.807) is 35.2 Å². The quantitative estimate of drug-likeness (QED) is 0.667. The van der Waals surface area contributed by atoms with Gasteiger partial charge < -0.3 is 24.4 Å². The molecule has 32 heavy (non-hydrogen) atoms. The summed E-state index contributed by atoms with van der Waals surface area (Å²) in [6.45, 7) is 0.787. The van der Waals surface area contributed by atoms with E-state index in [0.717, 1.165) is 12.0 Å². The number of carbonyl (C=O) groups excluding carboxylic acids is 3. The van der Waals surface area contributed by atoms with Crippen LogP contribution < -0.4 is 19.5 Å². The van der Waals surface area contributed by atoms with Gasteiger partial charge in [-0.1, -0.05) is 12.1 Å². The highest BCUT2D eigenvalue weighted by molar-refractivity contribution is 6.05. The molecule has 2 aliphatic heterocycles. The second-order valence-corrected chi connectivity index (χ2v) is 7.63. The number of nitrogens with one attached hydrogen (secondary N) is 1. The Hall–Kier alpha value is -3.75. The molecule has 2 aliphatic rings. The summed E-state index contributed by atoms with van der Waals surface area (Å²) in [7, 11) is 4.45. The number of fused-ring (bicyclic) bond motifs is 1. The van der Waals surface area contributed by atoms with Gasteiger partial charge in [-0.3, -0.25) is 14.5 Å². The highest BCUT2D eigenvalue weighted by atomic mass is 16.5. The molecule has 4 amide bonds. The maximum Gasteiger partial charge on any atom is 0.327 e. The van der Waals surface area contributed by atoms with Crippen molar-refractivity contribution in [1.82, 2.24) is 9.80 Å². The van der Waals surface area contributed by atoms with Crippen molar-refractivity contribution >= 4 is 23.5 Å². The largest absolute Gasteiger partial charge is 0.493 e. The standard InChI is InChI=1S/C23H25N3O6/c1-30-18-11-15(12-19(31-2)20(18)32-3)21(27)24-16-7-4-6-14(10-16)13-26-22(28)17-8-5-9-25(17)23(26)29/h4,6-7,10-12,17H,5,8-9,13H2,1-3H3,(H,24,27). The number of amides is 4. The van der Waals surface area contributed by atoms with E-state index in [1.165, 1.54) is 26.2 Å². The minimum atomic E-state index is -0.365. The zero-order valence-corrected chi connectivity index (χ0v) is 18.2. The lowest BCUT2D eigenvalue weighted by molar-refractivity contribution is -0.128. The van der Waals surface area contributed by atoms with E-state index in [1.807, 2.05) is 6.07 Å². The van der Waals surface area contributed by atoms with Crippen molar-refractivity contribution in [2.45, 2.75) is 25.4 Å². The number of hydrogen-bond donors (Lipinski definition) is 1. The molecule has 0 aromatic heterocycles. The van der Waals surface area contributed by atoms with Gasteiger partial charge >= 0.3 is 6.03 Å². The number of anilines is 1. The Labute approximate surface area is 185 Å². The summed E-state index contributed by atoms with van der Waals surface area (Å²) in [5.41, 5.74) is 1.62. The molecule has 1 unspecified atom stereocenters. The van der Waals surface area contributed by atoms with Gasteiger partial charge in [-0.15, -0.1) is 0 Å². The molecule has 0 saturated carbocycles. The average Bonchev–Trinajstić information content (AvgIpc) is 3.38. The van der Waals surface area contributed by atoms with Crippen LogP contribution in [0.2, 0.25) is 0 Å². The molecule has 0 bridgehead atoms. The molecule has 9 nitrogen and oxygen atoms in total. The van der Waals surface area contributed by atoms with Crippen LogP contribution in [0.25, 0.3) is 0 Å². The van der Waals surface area contributed by atoms with Gasteiger partial charge in [0.05, 0.1) is 27.9 Å². The Morgan fingerprint density at radius 3 is 2.41 bits per heavy atom. The van der Waals surface area contributed by atoms with Crippen LogP contribution in [0.4, 0.5) is 10.5 Å². The zero-order chi connectivity index (χ0) is 22.8. The van der Waals surface area contributed by atoms with Gasteiger partial charge in [0.1, 0.15) is 6.04 Å². The van der Waals surface area contributed by atoms with E-state index in [-0.39, 0.29) is 30.4 Å². The van der Waals surface area contributed by atoms with Crippen molar-refractivity contribution in [1.29, 1.82) is 0 Å². The summed E-state index contributed by atoms with van der Waals surface area (Å²) in [5, 5.41) is 2.84. The predicted molar refractivity (Wildman–Crippen MR) is 116 cm³/mol. The van der Waals surface area contributed by atoms with Crippen molar-refractivity contribution in [2.75, 3.05) is 33.2 Å². The second kappa shape index (κ2) is 8.78. The Bertz CT molecular complexity index is 1020. The lowest BCUT2D eigenvalue weighted by Crippen LogP contribution is -2.32. The smallest absolute Gasteiger partial charge is 0.327 e. The van der Waals surface area contributed by atoms with Crippen LogP contribution in [-0.4, -0.2) is 61.6 Å². The molecule has 2 saturated heterocycles. The van der Waals surface area contributed by atoms with Crippen LogP contribution in [0.5, 0.6) is 17.2 Å². The first-order valence-corrected chi connectivity index (χ1v) is 10.3. The van der Waals surface area contributed by atoms with Crippen LogP contribution >= 0.6 is 0 Å². The number of hydrogen-bond acceptors (Lipinski definition) is 6. The maximum atomic E-state index is 12.9. The Balaban J connectivity index is 1.50. The molecule has 2 fully saturated rings. The Kier molecular flexibility index (Phi) is 5.89. The minimum absolute atomic E-state index is 0.153. The third-order valence-electron chi connectivity index (χ3n) is 5.73. The van der Waals surface area contributed by atoms with Gasteiger partial charge in [-0.2, -0.15) is 0 Å². The van der Waals surface area contributed by atoms with Gasteiger partial charge in [0.15, 0.2) is 11.5 Å². The van der Waals surface area contributed by atoms with Crippen LogP contribution in [0.3, 0.4) is 0 Å². The fourth-order valence-corrected chi connectivity index (χ4v) is 4.17. The van der Waals surface area contributed by atoms with Gasteiger partial charge in [0.25, 0.3) is 11.8 Å². The first-order chi connectivity index (χ1) is 15.5. The average molecular weight is 439 g/mol. The molecule has 2 heterocycles. The van der Waals surface area contributed by atoms with Crippen LogP contribution in [0, 0.1) is 0 Å². The summed E-state index contributed by atoms with van der Waals surface area (Å²) >= 11 is 0. The molecule has 1 N–H and O–H groups in total. The van der Waals surface area contributed by atoms with Gasteiger partial charge in [-0.25, -0.2) is 4.79 Å². The summed E-state index contributed by atoms with van der Waals surface area (Å²) in [6, 6.07) is 9.64. The van der Waals surface area contributed by atoms with E-state index in [0.29, 0.717) is 41.5 Å². The van der Waals surface area contributed by atoms with Crippen LogP contribution in [0.15, 0.2) is 36.4 Å². The zero-order valence-electron chi connectivity index (χ0n) is 18.2. The lowest BCUT2D eigenvalue weighted by Gasteiger charge is -2.16. The molecular weight excluding hydrogens is 414 g/mol. The third kappa shape index (κ3) is 3.81. The van der Waals surface area contributed by atoms with Crippen molar-refractivity contribution in [3.8, 4) is 17.2 Å². The Morgan fingerprint density at radius 1 is 1.06 bits per heavy atom. The number of nitrogens with zero attached hydrogens (tertiary/aromatic N) is 2. The third-order valence-corrected chi connectivity index (χ3v) is 5.73. The maximum absolute atomic E-state index is 12.9. The van der Waals surface area contributed by atoms with E-state index in [4.69, 9.17) is 14.2 Å². The van der Waals surface area contributed by atoms with E-state index in [9.17, 15) is 14.4 Å².